The fourth-order valence-electron chi connectivity index (χ4n) is 5.91. The van der Waals surface area contributed by atoms with Crippen LogP contribution in [0.5, 0.6) is 11.5 Å². The van der Waals surface area contributed by atoms with Gasteiger partial charge in [0.05, 0.1) is 31.3 Å². The van der Waals surface area contributed by atoms with Gasteiger partial charge in [0.2, 0.25) is 11.8 Å². The highest BCUT2D eigenvalue weighted by molar-refractivity contribution is 5.83. The lowest BCUT2D eigenvalue weighted by Gasteiger charge is -2.34. The number of rotatable bonds is 18. The first-order valence-corrected chi connectivity index (χ1v) is 16.0. The number of hydrogen-bond acceptors (Lipinski definition) is 7. The molecule has 256 valence electrons. The number of carboxylic acid groups (broad SMARTS) is 1. The monoisotopic (exact) mass is 635 g/mol. The number of nitrogens with zero attached hydrogens (tertiary/aromatic N) is 1. The van der Waals surface area contributed by atoms with Crippen LogP contribution >= 0.6 is 0 Å². The van der Waals surface area contributed by atoms with E-state index in [9.17, 15) is 19.5 Å². The lowest BCUT2D eigenvalue weighted by molar-refractivity contribution is -0.131. The number of ether oxygens (including phenoxy) is 4. The maximum Gasteiger partial charge on any atom is 0.409 e. The highest BCUT2D eigenvalue weighted by Gasteiger charge is 2.51. The van der Waals surface area contributed by atoms with Gasteiger partial charge in [-0.3, -0.25) is 14.5 Å². The van der Waals surface area contributed by atoms with E-state index in [0.717, 1.165) is 12.0 Å². The Kier molecular flexibility index (Phi) is 14.0. The third kappa shape index (κ3) is 10.5. The lowest BCUT2D eigenvalue weighted by atomic mass is 9.80. The van der Waals surface area contributed by atoms with Crippen molar-refractivity contribution in [2.45, 2.75) is 98.9 Å². The molecule has 2 rings (SSSR count). The van der Waals surface area contributed by atoms with Crippen molar-refractivity contribution in [3.8, 4) is 11.5 Å². The Morgan fingerprint density at radius 3 is 2.27 bits per heavy atom. The topological polar surface area (TPSA) is 150 Å². The fraction of sp³-hybridized carbons (Fsp3) is 0.735. The van der Waals surface area contributed by atoms with Crippen LogP contribution in [0, 0.1) is 29.1 Å². The molecule has 11 nitrogen and oxygen atoms in total. The molecular weight excluding hydrogens is 578 g/mol. The molecule has 45 heavy (non-hydrogen) atoms. The molecule has 3 amide bonds. The van der Waals surface area contributed by atoms with Crippen molar-refractivity contribution in [3.05, 3.63) is 23.8 Å². The van der Waals surface area contributed by atoms with E-state index in [1.54, 1.807) is 41.9 Å². The molecule has 1 aromatic rings. The van der Waals surface area contributed by atoms with E-state index in [1.807, 2.05) is 32.0 Å². The SMILES string of the molecule is COCCCOc1cc(C[C@@H](CC2C(C[C@H](C(=O)NCC(C)(C)C(N)=O)C(C)C)OC(C)(C)N2C(=O)O)C(C)C)ccc1OC. The Bertz CT molecular complexity index is 1140. The zero-order chi connectivity index (χ0) is 34.1. The lowest BCUT2D eigenvalue weighted by Crippen LogP contribution is -2.49. The summed E-state index contributed by atoms with van der Waals surface area (Å²) in [4.78, 5) is 39.3. The number of methoxy groups -OCH3 is 2. The molecule has 1 aliphatic heterocycles. The van der Waals surface area contributed by atoms with E-state index in [0.29, 0.717) is 44.0 Å². The van der Waals surface area contributed by atoms with Crippen LogP contribution in [0.25, 0.3) is 0 Å². The first-order valence-electron chi connectivity index (χ1n) is 16.0. The number of nitrogens with one attached hydrogen (secondary N) is 1. The van der Waals surface area contributed by atoms with Crippen LogP contribution in [0.3, 0.4) is 0 Å². The molecule has 0 spiro atoms. The average molecular weight is 636 g/mol. The van der Waals surface area contributed by atoms with Crippen LogP contribution in [0.4, 0.5) is 4.79 Å². The van der Waals surface area contributed by atoms with Gasteiger partial charge >= 0.3 is 6.09 Å². The minimum Gasteiger partial charge on any atom is -0.493 e. The third-order valence-electron chi connectivity index (χ3n) is 8.95. The summed E-state index contributed by atoms with van der Waals surface area (Å²) >= 11 is 0. The molecule has 1 saturated heterocycles. The molecule has 2 unspecified atom stereocenters. The number of carbonyl (C=O) groups excluding carboxylic acids is 2. The van der Waals surface area contributed by atoms with Crippen molar-refractivity contribution in [2.75, 3.05) is 34.0 Å². The summed E-state index contributed by atoms with van der Waals surface area (Å²) < 4.78 is 23.1. The number of hydrogen-bond donors (Lipinski definition) is 3. The van der Waals surface area contributed by atoms with Crippen LogP contribution in [0.15, 0.2) is 18.2 Å². The highest BCUT2D eigenvalue weighted by atomic mass is 16.6. The van der Waals surface area contributed by atoms with Gasteiger partial charge in [0.15, 0.2) is 11.5 Å². The number of nitrogens with two attached hydrogens (primary N) is 1. The first-order chi connectivity index (χ1) is 20.9. The Hall–Kier alpha value is -3.05. The van der Waals surface area contributed by atoms with E-state index in [2.05, 4.69) is 19.2 Å². The quantitative estimate of drug-likeness (QED) is 0.189. The van der Waals surface area contributed by atoms with Crippen LogP contribution in [-0.2, 0) is 25.5 Å². The van der Waals surface area contributed by atoms with Crippen LogP contribution in [-0.4, -0.2) is 79.8 Å². The summed E-state index contributed by atoms with van der Waals surface area (Å²) in [6.45, 7) is 16.3. The molecule has 1 aromatic carbocycles. The molecule has 1 aliphatic rings. The second-order valence-electron chi connectivity index (χ2n) is 14.0. The molecule has 4 N–H and O–H groups in total. The molecule has 0 saturated carbocycles. The van der Waals surface area contributed by atoms with E-state index in [4.69, 9.17) is 24.7 Å². The maximum atomic E-state index is 13.4. The van der Waals surface area contributed by atoms with Crippen LogP contribution in [0.1, 0.15) is 80.2 Å². The molecule has 1 fully saturated rings. The second-order valence-corrected chi connectivity index (χ2v) is 14.0. The van der Waals surface area contributed by atoms with E-state index in [1.165, 1.54) is 4.90 Å². The summed E-state index contributed by atoms with van der Waals surface area (Å²) in [6, 6.07) is 5.45. The standard InChI is InChI=1S/C34H57N3O8/c1-21(2)24(16-23-12-13-27(43-10)29(17-23)44-15-11-14-42-9)18-26-28(45-34(7,8)37(26)32(40)41)19-25(22(3)4)30(38)36-20-33(5,6)31(35)39/h12-13,17,21-22,24-26,28H,11,14-16,18-20H2,1-10H3,(H2,35,39)(H,36,38)(H,40,41)/t24-,25-,26?,28?/m0/s1. The predicted octanol–water partition coefficient (Wildman–Crippen LogP) is 5.09. The molecular formula is C34H57N3O8. The number of amides is 3. The number of benzene rings is 1. The first kappa shape index (κ1) is 38.1. The van der Waals surface area contributed by atoms with Gasteiger partial charge in [0.25, 0.3) is 0 Å². The normalized spacial score (nSPS) is 19.4. The van der Waals surface area contributed by atoms with Crippen LogP contribution < -0.4 is 20.5 Å². The van der Waals surface area contributed by atoms with Crippen molar-refractivity contribution < 1.29 is 38.4 Å². The summed E-state index contributed by atoms with van der Waals surface area (Å²) in [5, 5.41) is 13.3. The molecule has 0 aliphatic carbocycles. The Morgan fingerprint density at radius 2 is 1.73 bits per heavy atom. The van der Waals surface area contributed by atoms with Gasteiger partial charge in [0.1, 0.15) is 5.72 Å². The maximum absolute atomic E-state index is 13.4. The van der Waals surface area contributed by atoms with Crippen molar-refractivity contribution >= 4 is 17.9 Å². The zero-order valence-corrected chi connectivity index (χ0v) is 29.0. The second kappa shape index (κ2) is 16.5. The molecule has 1 heterocycles. The molecule has 0 radical (unpaired) electrons. The number of primary amides is 1. The van der Waals surface area contributed by atoms with E-state index >= 15 is 0 Å². The van der Waals surface area contributed by atoms with Gasteiger partial charge in [-0.1, -0.05) is 33.8 Å². The Balaban J connectivity index is 2.34. The minimum atomic E-state index is -1.07. The van der Waals surface area contributed by atoms with E-state index in [-0.39, 0.29) is 30.2 Å². The summed E-state index contributed by atoms with van der Waals surface area (Å²) in [5.41, 5.74) is 4.60. The average Bonchev–Trinajstić information content (AvgIpc) is 3.20. The smallest absolute Gasteiger partial charge is 0.409 e. The Labute approximate surface area is 269 Å². The third-order valence-corrected chi connectivity index (χ3v) is 8.95. The van der Waals surface area contributed by atoms with Gasteiger partial charge < -0.3 is 35.1 Å². The molecule has 11 heteroatoms. The predicted molar refractivity (Wildman–Crippen MR) is 173 cm³/mol. The summed E-state index contributed by atoms with van der Waals surface area (Å²) in [5.74, 6) is 0.450. The van der Waals surface area contributed by atoms with Gasteiger partial charge in [-0.15, -0.1) is 0 Å². The minimum absolute atomic E-state index is 0.0459. The molecule has 0 aromatic heterocycles. The Morgan fingerprint density at radius 1 is 1.07 bits per heavy atom. The van der Waals surface area contributed by atoms with Gasteiger partial charge in [0, 0.05) is 32.6 Å². The summed E-state index contributed by atoms with van der Waals surface area (Å²) in [7, 11) is 3.27. The zero-order valence-electron chi connectivity index (χ0n) is 29.0. The largest absolute Gasteiger partial charge is 0.493 e. The number of carbonyl (C=O) groups is 3. The molecule has 4 atom stereocenters. The van der Waals surface area contributed by atoms with E-state index < -0.39 is 41.2 Å². The van der Waals surface area contributed by atoms with Crippen molar-refractivity contribution in [1.82, 2.24) is 10.2 Å². The van der Waals surface area contributed by atoms with Crippen molar-refractivity contribution in [1.29, 1.82) is 0 Å². The van der Waals surface area contributed by atoms with Gasteiger partial charge in [-0.25, -0.2) is 4.79 Å². The van der Waals surface area contributed by atoms with Crippen molar-refractivity contribution in [3.63, 3.8) is 0 Å². The van der Waals surface area contributed by atoms with Crippen molar-refractivity contribution in [2.24, 2.45) is 34.8 Å². The molecule has 0 bridgehead atoms. The summed E-state index contributed by atoms with van der Waals surface area (Å²) in [6.07, 6.45) is 0.778. The highest BCUT2D eigenvalue weighted by Crippen LogP contribution is 2.41. The van der Waals surface area contributed by atoms with Crippen LogP contribution in [0.2, 0.25) is 0 Å². The fourth-order valence-corrected chi connectivity index (χ4v) is 5.91. The van der Waals surface area contributed by atoms with Gasteiger partial charge in [-0.2, -0.15) is 0 Å². The van der Waals surface area contributed by atoms with Gasteiger partial charge in [-0.05, 0) is 82.4 Å².